The molecule has 4 heteroatoms. The van der Waals surface area contributed by atoms with E-state index in [1.54, 1.807) is 19.1 Å². The molecular weight excluding hydrogens is 252 g/mol. The molecule has 1 aliphatic heterocycles. The molecule has 1 fully saturated rings. The van der Waals surface area contributed by atoms with E-state index in [1.807, 2.05) is 6.07 Å². The fourth-order valence-corrected chi connectivity index (χ4v) is 2.54. The van der Waals surface area contributed by atoms with Gasteiger partial charge in [-0.3, -0.25) is 0 Å². The molecular formula is C16H24N2O2. The zero-order valence-electron chi connectivity index (χ0n) is 12.6. The Morgan fingerprint density at radius 2 is 2.00 bits per heavy atom. The van der Waals surface area contributed by atoms with Gasteiger partial charge in [0.15, 0.2) is 0 Å². The van der Waals surface area contributed by atoms with Crippen LogP contribution in [0.5, 0.6) is 0 Å². The Balaban J connectivity index is 2.12. The summed E-state index contributed by atoms with van der Waals surface area (Å²) in [6.07, 6.45) is 2.32. The summed E-state index contributed by atoms with van der Waals surface area (Å²) in [5.41, 5.74) is 8.71. The molecule has 4 nitrogen and oxygen atoms in total. The summed E-state index contributed by atoms with van der Waals surface area (Å²) in [6, 6.07) is 5.44. The first-order valence-electron chi connectivity index (χ1n) is 7.24. The first-order chi connectivity index (χ1) is 9.43. The van der Waals surface area contributed by atoms with Gasteiger partial charge in [0.25, 0.3) is 0 Å². The van der Waals surface area contributed by atoms with Crippen molar-refractivity contribution in [2.24, 2.45) is 5.41 Å². The van der Waals surface area contributed by atoms with Gasteiger partial charge in [0.1, 0.15) is 0 Å². The first-order valence-corrected chi connectivity index (χ1v) is 7.24. The highest BCUT2D eigenvalue weighted by atomic mass is 16.5. The van der Waals surface area contributed by atoms with E-state index in [2.05, 4.69) is 18.7 Å². The molecule has 110 valence electrons. The van der Waals surface area contributed by atoms with Crippen molar-refractivity contribution in [3.05, 3.63) is 23.8 Å². The van der Waals surface area contributed by atoms with Crippen LogP contribution in [0.25, 0.3) is 0 Å². The Kier molecular flexibility index (Phi) is 4.21. The van der Waals surface area contributed by atoms with Crippen LogP contribution in [-0.2, 0) is 4.74 Å². The quantitative estimate of drug-likeness (QED) is 0.681. The van der Waals surface area contributed by atoms with Crippen LogP contribution in [0.15, 0.2) is 18.2 Å². The van der Waals surface area contributed by atoms with Gasteiger partial charge in [0.05, 0.1) is 23.5 Å². The predicted octanol–water partition coefficient (Wildman–Crippen LogP) is 3.07. The third-order valence-electron chi connectivity index (χ3n) is 4.00. The van der Waals surface area contributed by atoms with Crippen LogP contribution in [-0.4, -0.2) is 25.7 Å². The van der Waals surface area contributed by atoms with Crippen molar-refractivity contribution < 1.29 is 9.53 Å². The minimum Gasteiger partial charge on any atom is -0.462 e. The number of anilines is 2. The van der Waals surface area contributed by atoms with E-state index in [9.17, 15) is 4.79 Å². The highest BCUT2D eigenvalue weighted by molar-refractivity contribution is 5.92. The Morgan fingerprint density at radius 1 is 1.35 bits per heavy atom. The van der Waals surface area contributed by atoms with Crippen molar-refractivity contribution in [1.29, 1.82) is 0 Å². The van der Waals surface area contributed by atoms with Gasteiger partial charge in [-0.1, -0.05) is 13.8 Å². The second kappa shape index (κ2) is 5.73. The molecule has 0 aromatic heterocycles. The molecule has 1 aromatic carbocycles. The Bertz CT molecular complexity index is 487. The standard InChI is InChI=1S/C16H24N2O2/c1-4-20-15(19)12-5-6-14(13(17)11-12)18-9-7-16(2,3)8-10-18/h5-6,11H,4,7-10,17H2,1-3H3. The molecule has 20 heavy (non-hydrogen) atoms. The fraction of sp³-hybridized carbons (Fsp3) is 0.562. The van der Waals surface area contributed by atoms with E-state index in [4.69, 9.17) is 10.5 Å². The minimum atomic E-state index is -0.314. The van der Waals surface area contributed by atoms with Gasteiger partial charge in [-0.15, -0.1) is 0 Å². The van der Waals surface area contributed by atoms with E-state index in [0.717, 1.165) is 31.6 Å². The summed E-state index contributed by atoms with van der Waals surface area (Å²) < 4.78 is 4.99. The van der Waals surface area contributed by atoms with Crippen molar-refractivity contribution in [2.75, 3.05) is 30.3 Å². The molecule has 0 amide bonds. The zero-order chi connectivity index (χ0) is 14.8. The summed E-state index contributed by atoms with van der Waals surface area (Å²) in [4.78, 5) is 14.0. The van der Waals surface area contributed by atoms with Gasteiger partial charge in [-0.05, 0) is 43.4 Å². The first kappa shape index (κ1) is 14.7. The monoisotopic (exact) mass is 276 g/mol. The number of rotatable bonds is 3. The summed E-state index contributed by atoms with van der Waals surface area (Å²) in [5, 5.41) is 0. The number of benzene rings is 1. The number of carbonyl (C=O) groups excluding carboxylic acids is 1. The molecule has 0 spiro atoms. The predicted molar refractivity (Wildman–Crippen MR) is 82.0 cm³/mol. The third kappa shape index (κ3) is 3.24. The number of ether oxygens (including phenoxy) is 1. The molecule has 1 aliphatic rings. The van der Waals surface area contributed by atoms with Crippen molar-refractivity contribution in [2.45, 2.75) is 33.6 Å². The van der Waals surface area contributed by atoms with E-state index < -0.39 is 0 Å². The Hall–Kier alpha value is -1.71. The van der Waals surface area contributed by atoms with Crippen LogP contribution in [0.2, 0.25) is 0 Å². The molecule has 2 rings (SSSR count). The van der Waals surface area contributed by atoms with Crippen LogP contribution in [0.4, 0.5) is 11.4 Å². The maximum absolute atomic E-state index is 11.7. The third-order valence-corrected chi connectivity index (χ3v) is 4.00. The molecule has 0 aliphatic carbocycles. The molecule has 2 N–H and O–H groups in total. The topological polar surface area (TPSA) is 55.6 Å². The number of hydrogen-bond donors (Lipinski definition) is 1. The normalized spacial score (nSPS) is 17.9. The van der Waals surface area contributed by atoms with E-state index in [0.29, 0.717) is 23.3 Å². The fourth-order valence-electron chi connectivity index (χ4n) is 2.54. The molecule has 1 saturated heterocycles. The van der Waals surface area contributed by atoms with Crippen LogP contribution in [0.3, 0.4) is 0 Å². The number of esters is 1. The molecule has 0 unspecified atom stereocenters. The second-order valence-corrected chi connectivity index (χ2v) is 6.15. The molecule has 0 bridgehead atoms. The van der Waals surface area contributed by atoms with Crippen LogP contribution >= 0.6 is 0 Å². The highest BCUT2D eigenvalue weighted by Gasteiger charge is 2.26. The molecule has 1 heterocycles. The van der Waals surface area contributed by atoms with E-state index >= 15 is 0 Å². The summed E-state index contributed by atoms with van der Waals surface area (Å²) in [7, 11) is 0. The maximum atomic E-state index is 11.7. The average molecular weight is 276 g/mol. The van der Waals surface area contributed by atoms with Crippen molar-refractivity contribution in [3.63, 3.8) is 0 Å². The van der Waals surface area contributed by atoms with Crippen LogP contribution in [0, 0.1) is 5.41 Å². The number of nitrogen functional groups attached to an aromatic ring is 1. The maximum Gasteiger partial charge on any atom is 0.338 e. The lowest BCUT2D eigenvalue weighted by Gasteiger charge is -2.38. The van der Waals surface area contributed by atoms with Gasteiger partial charge in [0, 0.05) is 13.1 Å². The number of hydrogen-bond acceptors (Lipinski definition) is 4. The number of carbonyl (C=O) groups is 1. The Labute approximate surface area is 120 Å². The van der Waals surface area contributed by atoms with Crippen LogP contribution in [0.1, 0.15) is 44.0 Å². The van der Waals surface area contributed by atoms with Crippen molar-refractivity contribution >= 4 is 17.3 Å². The molecule has 1 aromatic rings. The van der Waals surface area contributed by atoms with Gasteiger partial charge in [-0.2, -0.15) is 0 Å². The lowest BCUT2D eigenvalue weighted by atomic mass is 9.82. The highest BCUT2D eigenvalue weighted by Crippen LogP contribution is 2.34. The van der Waals surface area contributed by atoms with Gasteiger partial charge in [0.2, 0.25) is 0 Å². The van der Waals surface area contributed by atoms with E-state index in [1.165, 1.54) is 0 Å². The van der Waals surface area contributed by atoms with Crippen LogP contribution < -0.4 is 10.6 Å². The van der Waals surface area contributed by atoms with Gasteiger partial charge in [-0.25, -0.2) is 4.79 Å². The summed E-state index contributed by atoms with van der Waals surface area (Å²) >= 11 is 0. The molecule has 0 saturated carbocycles. The van der Waals surface area contributed by atoms with Crippen molar-refractivity contribution in [1.82, 2.24) is 0 Å². The summed E-state index contributed by atoms with van der Waals surface area (Å²) in [6.45, 7) is 8.80. The second-order valence-electron chi connectivity index (χ2n) is 6.15. The average Bonchev–Trinajstić information content (AvgIpc) is 2.39. The van der Waals surface area contributed by atoms with Crippen molar-refractivity contribution in [3.8, 4) is 0 Å². The van der Waals surface area contributed by atoms with E-state index in [-0.39, 0.29) is 5.97 Å². The van der Waals surface area contributed by atoms with Gasteiger partial charge < -0.3 is 15.4 Å². The molecule has 0 radical (unpaired) electrons. The lowest BCUT2D eigenvalue weighted by molar-refractivity contribution is 0.0526. The largest absolute Gasteiger partial charge is 0.462 e. The lowest BCUT2D eigenvalue weighted by Crippen LogP contribution is -2.37. The smallest absolute Gasteiger partial charge is 0.338 e. The summed E-state index contributed by atoms with van der Waals surface area (Å²) in [5.74, 6) is -0.314. The number of nitrogens with two attached hydrogens (primary N) is 1. The molecule has 0 atom stereocenters. The Morgan fingerprint density at radius 3 is 2.55 bits per heavy atom. The minimum absolute atomic E-state index is 0.314. The SMILES string of the molecule is CCOC(=O)c1ccc(N2CCC(C)(C)CC2)c(N)c1. The van der Waals surface area contributed by atoms with Gasteiger partial charge >= 0.3 is 5.97 Å². The number of piperidine rings is 1. The number of nitrogens with zero attached hydrogens (tertiary/aromatic N) is 1. The zero-order valence-corrected chi connectivity index (χ0v) is 12.6.